The topological polar surface area (TPSA) is 75.6 Å². The molecule has 2 bridgehead atoms. The summed E-state index contributed by atoms with van der Waals surface area (Å²) in [5, 5.41) is 13.1. The number of nitrogens with one attached hydrogen (secondary N) is 1. The zero-order valence-corrected chi connectivity index (χ0v) is 18.6. The highest BCUT2D eigenvalue weighted by Gasteiger charge is 2.75. The van der Waals surface area contributed by atoms with Gasteiger partial charge in [0, 0.05) is 27.6 Å². The molecule has 3 atom stereocenters. The maximum Gasteiger partial charge on any atom is 0.433 e. The second-order valence-corrected chi connectivity index (χ2v) is 10.0. The van der Waals surface area contributed by atoms with E-state index >= 15 is 0 Å². The fourth-order valence-electron chi connectivity index (χ4n) is 4.62. The van der Waals surface area contributed by atoms with E-state index in [9.17, 15) is 27.9 Å². The van der Waals surface area contributed by atoms with Crippen molar-refractivity contribution in [3.8, 4) is 11.8 Å². The third-order valence-electron chi connectivity index (χ3n) is 7.51. The summed E-state index contributed by atoms with van der Waals surface area (Å²) in [5.41, 5.74) is -7.82. The fourth-order valence-corrected chi connectivity index (χ4v) is 4.79. The zero-order chi connectivity index (χ0) is 23.7. The normalized spacial score (nSPS) is 30.2. The van der Waals surface area contributed by atoms with Crippen LogP contribution < -0.4 is 5.32 Å². The molecule has 5 nitrogen and oxygen atoms in total. The van der Waals surface area contributed by atoms with E-state index in [2.05, 4.69) is 11.2 Å². The molecule has 0 spiro atoms. The van der Waals surface area contributed by atoms with Gasteiger partial charge in [0.25, 0.3) is 5.91 Å². The van der Waals surface area contributed by atoms with E-state index in [1.165, 1.54) is 12.1 Å². The molecule has 4 rings (SSSR count). The van der Waals surface area contributed by atoms with Crippen LogP contribution in [0, 0.1) is 28.6 Å². The predicted molar refractivity (Wildman–Crippen MR) is 110 cm³/mol. The first-order valence-corrected chi connectivity index (χ1v) is 10.7. The lowest BCUT2D eigenvalue weighted by Crippen LogP contribution is -2.51. The van der Waals surface area contributed by atoms with Crippen LogP contribution in [-0.2, 0) is 19.9 Å². The first-order valence-electron chi connectivity index (χ1n) is 10.3. The molecule has 0 radical (unpaired) electrons. The van der Waals surface area contributed by atoms with Crippen molar-refractivity contribution >= 4 is 29.2 Å². The summed E-state index contributed by atoms with van der Waals surface area (Å²) in [4.78, 5) is 25.8. The Morgan fingerprint density at radius 1 is 1.25 bits per heavy atom. The van der Waals surface area contributed by atoms with Gasteiger partial charge in [0.1, 0.15) is 0 Å². The maximum absolute atomic E-state index is 14.0. The van der Waals surface area contributed by atoms with Crippen LogP contribution in [0.5, 0.6) is 0 Å². The minimum Gasteiger partial charge on any atom is -0.448 e. The Hall–Kier alpha value is -2.24. The smallest absolute Gasteiger partial charge is 0.433 e. The van der Waals surface area contributed by atoms with E-state index < -0.39 is 45.6 Å². The molecule has 0 aromatic heterocycles. The lowest BCUT2D eigenvalue weighted by molar-refractivity contribution is -0.240. The van der Waals surface area contributed by atoms with Crippen molar-refractivity contribution in [1.82, 2.24) is 0 Å². The van der Waals surface area contributed by atoms with Gasteiger partial charge in [-0.15, -0.1) is 0 Å². The van der Waals surface area contributed by atoms with Gasteiger partial charge < -0.3 is 15.2 Å². The second-order valence-electron chi connectivity index (χ2n) is 9.57. The van der Waals surface area contributed by atoms with Crippen LogP contribution in [0.4, 0.5) is 18.9 Å². The Morgan fingerprint density at radius 3 is 2.41 bits per heavy atom. The molecule has 2 unspecified atom stereocenters. The van der Waals surface area contributed by atoms with Gasteiger partial charge in [-0.3, -0.25) is 9.59 Å². The Balaban J connectivity index is 1.76. The summed E-state index contributed by atoms with van der Waals surface area (Å²) >= 11 is 5.95. The Morgan fingerprint density at radius 2 is 1.91 bits per heavy atom. The highest BCUT2D eigenvalue weighted by molar-refractivity contribution is 6.30. The van der Waals surface area contributed by atoms with Crippen molar-refractivity contribution < 1.29 is 32.6 Å². The van der Waals surface area contributed by atoms with Crippen molar-refractivity contribution in [3.63, 3.8) is 0 Å². The van der Waals surface area contributed by atoms with Gasteiger partial charge >= 0.3 is 12.1 Å². The summed E-state index contributed by atoms with van der Waals surface area (Å²) in [6.07, 6.45) is -3.16. The van der Waals surface area contributed by atoms with Crippen LogP contribution in [-0.4, -0.2) is 28.8 Å². The average molecular weight is 470 g/mol. The number of rotatable bonds is 3. The third kappa shape index (κ3) is 3.05. The molecule has 9 heteroatoms. The largest absolute Gasteiger partial charge is 0.448 e. The van der Waals surface area contributed by atoms with E-state index in [-0.39, 0.29) is 23.0 Å². The van der Waals surface area contributed by atoms with Gasteiger partial charge in [0.15, 0.2) is 5.60 Å². The van der Waals surface area contributed by atoms with Crippen molar-refractivity contribution in [2.24, 2.45) is 16.7 Å². The minimum atomic E-state index is -5.15. The number of carbonyl (C=O) groups is 2. The molecule has 1 aliphatic heterocycles. The van der Waals surface area contributed by atoms with Gasteiger partial charge in [-0.25, -0.2) is 0 Å². The van der Waals surface area contributed by atoms with E-state index in [4.69, 9.17) is 16.3 Å². The van der Waals surface area contributed by atoms with Crippen LogP contribution in [0.3, 0.4) is 0 Å². The standard InChI is InChI=1S/C23H23ClF3NO4/c1-19(2)20(3)10-11-22(19,32-18(20)30)17(29)28-16-7-6-14(24)12-15(16)21(31,23(25,26)27)9-8-13-4-5-13/h6-7,12-13,31H,4-5,10-11H2,1-3H3,(H,28,29)/t20?,21-,22?/m0/s1. The molecule has 1 saturated heterocycles. The highest BCUT2D eigenvalue weighted by atomic mass is 35.5. The molecule has 2 saturated carbocycles. The molecule has 1 heterocycles. The molecular weight excluding hydrogens is 447 g/mol. The van der Waals surface area contributed by atoms with E-state index in [1.807, 2.05) is 5.92 Å². The van der Waals surface area contributed by atoms with Crippen molar-refractivity contribution in [1.29, 1.82) is 0 Å². The van der Waals surface area contributed by atoms with Gasteiger partial charge in [-0.05, 0) is 50.8 Å². The van der Waals surface area contributed by atoms with Crippen LogP contribution in [0.15, 0.2) is 18.2 Å². The van der Waals surface area contributed by atoms with E-state index in [1.54, 1.807) is 20.8 Å². The summed E-state index contributed by atoms with van der Waals surface area (Å²) in [6.45, 7) is 5.20. The molecular formula is C23H23ClF3NO4. The number of alkyl halides is 3. The lowest BCUT2D eigenvalue weighted by Gasteiger charge is -2.36. The predicted octanol–water partition coefficient (Wildman–Crippen LogP) is 4.56. The number of halogens is 4. The van der Waals surface area contributed by atoms with Gasteiger partial charge in [-0.1, -0.05) is 37.3 Å². The summed E-state index contributed by atoms with van der Waals surface area (Å²) < 4.78 is 47.5. The number of anilines is 1. The minimum absolute atomic E-state index is 0.0619. The first kappa shape index (κ1) is 22.9. The van der Waals surface area contributed by atoms with E-state index in [0.29, 0.717) is 19.3 Å². The van der Waals surface area contributed by atoms with Gasteiger partial charge in [0.2, 0.25) is 5.60 Å². The SMILES string of the molecule is CC12CCC(C(=O)Nc3ccc(Cl)cc3[C@@](O)(C#CC3CC3)C(F)(F)F)(OC1=O)C2(C)C. The number of esters is 1. The molecule has 3 fully saturated rings. The number of fused-ring (bicyclic) bond motifs is 2. The summed E-state index contributed by atoms with van der Waals surface area (Å²) in [5.74, 6) is 2.97. The van der Waals surface area contributed by atoms with Crippen molar-refractivity contribution in [2.75, 3.05) is 5.32 Å². The second kappa shape index (κ2) is 6.88. The average Bonchev–Trinajstić information content (AvgIpc) is 3.47. The molecule has 2 aliphatic carbocycles. The highest BCUT2D eigenvalue weighted by Crippen LogP contribution is 2.65. The zero-order valence-electron chi connectivity index (χ0n) is 17.8. The molecule has 1 aromatic carbocycles. The number of aliphatic hydroxyl groups is 1. The molecule has 3 aliphatic rings. The van der Waals surface area contributed by atoms with Gasteiger partial charge in [-0.2, -0.15) is 13.2 Å². The van der Waals surface area contributed by atoms with Crippen molar-refractivity contribution in [3.05, 3.63) is 28.8 Å². The number of amides is 1. The molecule has 1 amide bonds. The fraction of sp³-hybridized carbons (Fsp3) is 0.565. The Labute approximate surface area is 188 Å². The van der Waals surface area contributed by atoms with Crippen LogP contribution in [0.2, 0.25) is 5.02 Å². The third-order valence-corrected chi connectivity index (χ3v) is 7.75. The molecule has 172 valence electrons. The number of ether oxygens (including phenoxy) is 1. The van der Waals surface area contributed by atoms with Gasteiger partial charge in [0.05, 0.1) is 5.41 Å². The number of hydrogen-bond donors (Lipinski definition) is 2. The summed E-state index contributed by atoms with van der Waals surface area (Å²) in [7, 11) is 0. The maximum atomic E-state index is 14.0. The molecule has 2 N–H and O–H groups in total. The van der Waals surface area contributed by atoms with Crippen LogP contribution >= 0.6 is 11.6 Å². The lowest BCUT2D eigenvalue weighted by atomic mass is 9.66. The number of hydrogen-bond acceptors (Lipinski definition) is 4. The van der Waals surface area contributed by atoms with Crippen LogP contribution in [0.1, 0.15) is 52.0 Å². The Kier molecular flexibility index (Phi) is 4.93. The van der Waals surface area contributed by atoms with Crippen LogP contribution in [0.25, 0.3) is 0 Å². The van der Waals surface area contributed by atoms with E-state index in [0.717, 1.165) is 6.07 Å². The molecule has 1 aromatic rings. The quantitative estimate of drug-likeness (QED) is 0.502. The number of benzene rings is 1. The van der Waals surface area contributed by atoms with Crippen molar-refractivity contribution in [2.45, 2.75) is 63.8 Å². The first-order chi connectivity index (χ1) is 14.7. The Bertz CT molecular complexity index is 1070. The number of carbonyl (C=O) groups excluding carboxylic acids is 2. The monoisotopic (exact) mass is 469 g/mol. The summed E-state index contributed by atoms with van der Waals surface area (Å²) in [6, 6.07) is 3.42. The molecule has 32 heavy (non-hydrogen) atoms.